The molecule has 0 saturated heterocycles. The monoisotopic (exact) mass is 353 g/mol. The maximum Gasteiger partial charge on any atom is 0.225 e. The molecule has 132 valence electrons. The Labute approximate surface area is 147 Å². The van der Waals surface area contributed by atoms with Crippen LogP contribution in [0.1, 0.15) is 40.5 Å². The Bertz CT molecular complexity index is 624. The van der Waals surface area contributed by atoms with E-state index in [1.165, 1.54) is 6.92 Å². The van der Waals surface area contributed by atoms with Gasteiger partial charge in [0.2, 0.25) is 17.7 Å². The van der Waals surface area contributed by atoms with Gasteiger partial charge in [0, 0.05) is 30.3 Å². The molecule has 24 heavy (non-hydrogen) atoms. The molecule has 0 aliphatic heterocycles. The van der Waals surface area contributed by atoms with Crippen LogP contribution >= 0.6 is 11.6 Å². The topological polar surface area (TPSA) is 87.3 Å². The van der Waals surface area contributed by atoms with E-state index in [1.54, 1.807) is 18.2 Å². The molecule has 3 amide bonds. The first kappa shape index (κ1) is 20.0. The predicted molar refractivity (Wildman–Crippen MR) is 96.1 cm³/mol. The number of nitrogens with one attached hydrogen (secondary N) is 3. The van der Waals surface area contributed by atoms with Crippen LogP contribution in [0.25, 0.3) is 0 Å². The lowest BCUT2D eigenvalue weighted by molar-refractivity contribution is -0.128. The summed E-state index contributed by atoms with van der Waals surface area (Å²) in [6, 6.07) is 4.83. The Morgan fingerprint density at radius 2 is 1.75 bits per heavy atom. The Balaban J connectivity index is 2.52. The van der Waals surface area contributed by atoms with E-state index in [2.05, 4.69) is 16.0 Å². The van der Waals surface area contributed by atoms with Crippen LogP contribution in [0.15, 0.2) is 18.2 Å². The summed E-state index contributed by atoms with van der Waals surface area (Å²) in [7, 11) is 0. The highest BCUT2D eigenvalue weighted by molar-refractivity contribution is 6.31. The summed E-state index contributed by atoms with van der Waals surface area (Å²) in [5.41, 5.74) is 0.485. The van der Waals surface area contributed by atoms with Gasteiger partial charge in [0.25, 0.3) is 0 Å². The lowest BCUT2D eigenvalue weighted by Crippen LogP contribution is -2.35. The highest BCUT2D eigenvalue weighted by Gasteiger charge is 2.20. The predicted octanol–water partition coefficient (Wildman–Crippen LogP) is 3.18. The van der Waals surface area contributed by atoms with Gasteiger partial charge in [0.05, 0.1) is 11.4 Å². The van der Waals surface area contributed by atoms with Crippen molar-refractivity contribution in [1.29, 1.82) is 0 Å². The van der Waals surface area contributed by atoms with Gasteiger partial charge < -0.3 is 16.0 Å². The van der Waals surface area contributed by atoms with Gasteiger partial charge in [-0.1, -0.05) is 32.4 Å². The van der Waals surface area contributed by atoms with E-state index in [-0.39, 0.29) is 24.1 Å². The number of amides is 3. The van der Waals surface area contributed by atoms with Gasteiger partial charge in [0.1, 0.15) is 0 Å². The van der Waals surface area contributed by atoms with Gasteiger partial charge in [0.15, 0.2) is 0 Å². The average molecular weight is 354 g/mol. The van der Waals surface area contributed by atoms with Crippen LogP contribution in [-0.2, 0) is 14.4 Å². The van der Waals surface area contributed by atoms with Crippen molar-refractivity contribution in [2.45, 2.75) is 40.5 Å². The number of rotatable bonds is 6. The minimum atomic E-state index is -0.448. The lowest BCUT2D eigenvalue weighted by atomic mass is 9.96. The van der Waals surface area contributed by atoms with Gasteiger partial charge in [-0.05, 0) is 24.6 Å². The van der Waals surface area contributed by atoms with Crippen molar-refractivity contribution in [3.8, 4) is 0 Å². The van der Waals surface area contributed by atoms with Crippen molar-refractivity contribution in [3.05, 3.63) is 23.2 Å². The third kappa shape index (κ3) is 7.00. The van der Waals surface area contributed by atoms with E-state index < -0.39 is 5.41 Å². The second-order valence-electron chi connectivity index (χ2n) is 6.53. The average Bonchev–Trinajstić information content (AvgIpc) is 2.44. The molecule has 1 aromatic rings. The third-order valence-electron chi connectivity index (χ3n) is 3.11. The molecule has 0 spiro atoms. The second-order valence-corrected chi connectivity index (χ2v) is 6.97. The van der Waals surface area contributed by atoms with E-state index in [1.807, 2.05) is 20.8 Å². The molecule has 0 radical (unpaired) electrons. The Hall–Kier alpha value is -2.08. The van der Waals surface area contributed by atoms with Crippen LogP contribution < -0.4 is 16.0 Å². The van der Waals surface area contributed by atoms with E-state index in [9.17, 15) is 14.4 Å². The maximum atomic E-state index is 12.0. The number of hydrogen-bond donors (Lipinski definition) is 3. The van der Waals surface area contributed by atoms with Gasteiger partial charge in [-0.3, -0.25) is 14.4 Å². The molecule has 0 aromatic heterocycles. The largest absolute Gasteiger partial charge is 0.356 e. The first-order valence-electron chi connectivity index (χ1n) is 7.75. The van der Waals surface area contributed by atoms with Crippen molar-refractivity contribution in [2.75, 3.05) is 17.2 Å². The standard InChI is InChI=1S/C17H24ClN3O3/c1-11(22)20-13-8-7-12(18)10-14(13)21-15(23)6-5-9-19-16(24)17(2,3)4/h7-8,10H,5-6,9H2,1-4H3,(H,19,24)(H,20,22)(H,21,23). The minimum Gasteiger partial charge on any atom is -0.356 e. The molecule has 0 saturated carbocycles. The number of hydrogen-bond acceptors (Lipinski definition) is 3. The fourth-order valence-electron chi connectivity index (χ4n) is 1.85. The summed E-state index contributed by atoms with van der Waals surface area (Å²) in [5, 5.41) is 8.61. The van der Waals surface area contributed by atoms with Gasteiger partial charge >= 0.3 is 0 Å². The number of halogens is 1. The molecule has 0 bridgehead atoms. The second kappa shape index (κ2) is 8.68. The summed E-state index contributed by atoms with van der Waals surface area (Å²) in [4.78, 5) is 34.9. The molecular formula is C17H24ClN3O3. The van der Waals surface area contributed by atoms with Crippen molar-refractivity contribution in [2.24, 2.45) is 5.41 Å². The highest BCUT2D eigenvalue weighted by atomic mass is 35.5. The molecule has 7 heteroatoms. The van der Waals surface area contributed by atoms with Crippen molar-refractivity contribution in [3.63, 3.8) is 0 Å². The fourth-order valence-corrected chi connectivity index (χ4v) is 2.02. The zero-order valence-electron chi connectivity index (χ0n) is 14.5. The quantitative estimate of drug-likeness (QED) is 0.686. The molecule has 0 heterocycles. The molecule has 1 rings (SSSR count). The molecule has 6 nitrogen and oxygen atoms in total. The summed E-state index contributed by atoms with van der Waals surface area (Å²) in [6.45, 7) is 7.31. The maximum absolute atomic E-state index is 12.0. The molecule has 1 aromatic carbocycles. The molecule has 0 fully saturated rings. The summed E-state index contributed by atoms with van der Waals surface area (Å²) < 4.78 is 0. The van der Waals surface area contributed by atoms with Gasteiger partial charge in [-0.15, -0.1) is 0 Å². The van der Waals surface area contributed by atoms with Crippen LogP contribution in [-0.4, -0.2) is 24.3 Å². The Kier molecular flexibility index (Phi) is 7.22. The van der Waals surface area contributed by atoms with Crippen molar-refractivity contribution < 1.29 is 14.4 Å². The van der Waals surface area contributed by atoms with E-state index in [0.29, 0.717) is 29.4 Å². The summed E-state index contributed by atoms with van der Waals surface area (Å²) in [5.74, 6) is -0.503. The van der Waals surface area contributed by atoms with Crippen molar-refractivity contribution in [1.82, 2.24) is 5.32 Å². The van der Waals surface area contributed by atoms with E-state index in [0.717, 1.165) is 0 Å². The summed E-state index contributed by atoms with van der Waals surface area (Å²) >= 11 is 5.93. The lowest BCUT2D eigenvalue weighted by Gasteiger charge is -2.17. The van der Waals surface area contributed by atoms with Crippen LogP contribution in [0, 0.1) is 5.41 Å². The highest BCUT2D eigenvalue weighted by Crippen LogP contribution is 2.26. The SMILES string of the molecule is CC(=O)Nc1ccc(Cl)cc1NC(=O)CCCNC(=O)C(C)(C)C. The van der Waals surface area contributed by atoms with E-state index in [4.69, 9.17) is 11.6 Å². The fraction of sp³-hybridized carbons (Fsp3) is 0.471. The van der Waals surface area contributed by atoms with Crippen LogP contribution in [0.4, 0.5) is 11.4 Å². The number of carbonyl (C=O) groups is 3. The molecule has 0 unspecified atom stereocenters. The number of anilines is 2. The Morgan fingerprint density at radius 1 is 1.08 bits per heavy atom. The van der Waals surface area contributed by atoms with Crippen LogP contribution in [0.3, 0.4) is 0 Å². The van der Waals surface area contributed by atoms with Crippen molar-refractivity contribution >= 4 is 40.7 Å². The van der Waals surface area contributed by atoms with Crippen LogP contribution in [0.5, 0.6) is 0 Å². The van der Waals surface area contributed by atoms with Crippen LogP contribution in [0.2, 0.25) is 5.02 Å². The molecule has 0 aliphatic rings. The number of carbonyl (C=O) groups excluding carboxylic acids is 3. The van der Waals surface area contributed by atoms with Gasteiger partial charge in [-0.2, -0.15) is 0 Å². The molecule has 0 atom stereocenters. The zero-order valence-corrected chi connectivity index (χ0v) is 15.2. The first-order valence-corrected chi connectivity index (χ1v) is 8.12. The smallest absolute Gasteiger partial charge is 0.225 e. The molecule has 3 N–H and O–H groups in total. The number of benzene rings is 1. The normalized spacial score (nSPS) is 10.9. The zero-order chi connectivity index (χ0) is 18.3. The minimum absolute atomic E-state index is 0.0503. The summed E-state index contributed by atoms with van der Waals surface area (Å²) in [6.07, 6.45) is 0.764. The van der Waals surface area contributed by atoms with E-state index >= 15 is 0 Å². The third-order valence-corrected chi connectivity index (χ3v) is 3.35. The molecular weight excluding hydrogens is 330 g/mol. The Morgan fingerprint density at radius 3 is 2.33 bits per heavy atom. The molecule has 0 aliphatic carbocycles. The van der Waals surface area contributed by atoms with Gasteiger partial charge in [-0.25, -0.2) is 0 Å². The first-order chi connectivity index (χ1) is 11.1.